The lowest BCUT2D eigenvalue weighted by atomic mass is 9.99. The third-order valence-corrected chi connectivity index (χ3v) is 2.72. The lowest BCUT2D eigenvalue weighted by Crippen LogP contribution is -2.59. The first kappa shape index (κ1) is 16.0. The Labute approximate surface area is 110 Å². The molecule has 8 nitrogen and oxygen atoms in total. The van der Waals surface area contributed by atoms with E-state index in [1.165, 1.54) is 0 Å². The van der Waals surface area contributed by atoms with E-state index in [9.17, 15) is 20.1 Å². The molecular weight excluding hydrogens is 258 g/mol. The summed E-state index contributed by atoms with van der Waals surface area (Å²) >= 11 is 0. The summed E-state index contributed by atoms with van der Waals surface area (Å²) in [6.45, 7) is 2.96. The molecule has 1 aliphatic heterocycles. The average molecular weight is 277 g/mol. The SMILES string of the molecule is C=CC(=O)NCCO[C@H]1O[C@H](CO)[C@@H](O)[C@H](O)[C@@H]1O. The van der Waals surface area contributed by atoms with Gasteiger partial charge < -0.3 is 35.2 Å². The van der Waals surface area contributed by atoms with Crippen LogP contribution >= 0.6 is 0 Å². The van der Waals surface area contributed by atoms with Gasteiger partial charge in [-0.2, -0.15) is 0 Å². The molecule has 1 aliphatic rings. The number of aliphatic hydroxyl groups excluding tert-OH is 4. The van der Waals surface area contributed by atoms with Gasteiger partial charge in [-0.25, -0.2) is 0 Å². The highest BCUT2D eigenvalue weighted by atomic mass is 16.7. The molecule has 1 heterocycles. The van der Waals surface area contributed by atoms with Gasteiger partial charge in [-0.15, -0.1) is 0 Å². The monoisotopic (exact) mass is 277 g/mol. The fourth-order valence-corrected chi connectivity index (χ4v) is 1.63. The summed E-state index contributed by atoms with van der Waals surface area (Å²) in [5.74, 6) is -0.364. The van der Waals surface area contributed by atoms with Crippen molar-refractivity contribution in [2.75, 3.05) is 19.8 Å². The molecule has 0 aliphatic carbocycles. The van der Waals surface area contributed by atoms with Gasteiger partial charge in [0.25, 0.3) is 0 Å². The molecule has 1 rings (SSSR count). The van der Waals surface area contributed by atoms with E-state index in [1.807, 2.05) is 0 Å². The quantitative estimate of drug-likeness (QED) is 0.260. The lowest BCUT2D eigenvalue weighted by molar-refractivity contribution is -0.300. The van der Waals surface area contributed by atoms with Crippen LogP contribution in [-0.4, -0.2) is 76.8 Å². The zero-order valence-electron chi connectivity index (χ0n) is 10.3. The molecule has 110 valence electrons. The van der Waals surface area contributed by atoms with Crippen molar-refractivity contribution in [3.63, 3.8) is 0 Å². The van der Waals surface area contributed by atoms with Crippen molar-refractivity contribution in [1.82, 2.24) is 5.32 Å². The van der Waals surface area contributed by atoms with Crippen LogP contribution in [0.15, 0.2) is 12.7 Å². The van der Waals surface area contributed by atoms with Crippen LogP contribution in [0.1, 0.15) is 0 Å². The van der Waals surface area contributed by atoms with Crippen molar-refractivity contribution in [1.29, 1.82) is 0 Å². The predicted octanol–water partition coefficient (Wildman–Crippen LogP) is -2.89. The Morgan fingerprint density at radius 3 is 2.58 bits per heavy atom. The predicted molar refractivity (Wildman–Crippen MR) is 62.9 cm³/mol. The van der Waals surface area contributed by atoms with Crippen molar-refractivity contribution in [2.45, 2.75) is 30.7 Å². The molecule has 1 saturated heterocycles. The molecule has 0 spiro atoms. The maximum atomic E-state index is 10.8. The summed E-state index contributed by atoms with van der Waals surface area (Å²) in [5, 5.41) is 40.1. The Balaban J connectivity index is 2.39. The summed E-state index contributed by atoms with van der Waals surface area (Å²) in [7, 11) is 0. The fourth-order valence-electron chi connectivity index (χ4n) is 1.63. The molecule has 19 heavy (non-hydrogen) atoms. The van der Waals surface area contributed by atoms with E-state index < -0.39 is 37.3 Å². The smallest absolute Gasteiger partial charge is 0.243 e. The minimum atomic E-state index is -1.47. The Morgan fingerprint density at radius 2 is 2.00 bits per heavy atom. The zero-order chi connectivity index (χ0) is 14.4. The molecule has 0 bridgehead atoms. The zero-order valence-corrected chi connectivity index (χ0v) is 10.3. The number of rotatable bonds is 6. The first-order valence-corrected chi connectivity index (χ1v) is 5.83. The van der Waals surface area contributed by atoms with Gasteiger partial charge in [0.1, 0.15) is 24.4 Å². The van der Waals surface area contributed by atoms with Crippen molar-refractivity contribution in [3.8, 4) is 0 Å². The lowest BCUT2D eigenvalue weighted by Gasteiger charge is -2.39. The van der Waals surface area contributed by atoms with Crippen molar-refractivity contribution in [2.24, 2.45) is 0 Å². The van der Waals surface area contributed by atoms with Gasteiger partial charge >= 0.3 is 0 Å². The molecule has 0 aromatic heterocycles. The summed E-state index contributed by atoms with van der Waals surface area (Å²) < 4.78 is 10.2. The maximum Gasteiger partial charge on any atom is 0.243 e. The van der Waals surface area contributed by atoms with Gasteiger partial charge in [0.05, 0.1) is 13.2 Å². The fraction of sp³-hybridized carbons (Fsp3) is 0.727. The van der Waals surface area contributed by atoms with E-state index in [1.54, 1.807) is 0 Å². The molecule has 5 N–H and O–H groups in total. The molecule has 8 heteroatoms. The Hall–Kier alpha value is -1.03. The molecule has 0 saturated carbocycles. The molecule has 0 unspecified atom stereocenters. The van der Waals surface area contributed by atoms with Crippen LogP contribution < -0.4 is 5.32 Å². The van der Waals surface area contributed by atoms with Crippen LogP contribution in [0.2, 0.25) is 0 Å². The second kappa shape index (κ2) is 7.53. The van der Waals surface area contributed by atoms with Crippen molar-refractivity contribution >= 4 is 5.91 Å². The number of carbonyl (C=O) groups excluding carboxylic acids is 1. The second-order valence-corrected chi connectivity index (χ2v) is 4.06. The highest BCUT2D eigenvalue weighted by Crippen LogP contribution is 2.21. The third kappa shape index (κ3) is 4.23. The van der Waals surface area contributed by atoms with Gasteiger partial charge in [0, 0.05) is 6.54 Å². The molecule has 0 aromatic rings. The van der Waals surface area contributed by atoms with Crippen molar-refractivity contribution in [3.05, 3.63) is 12.7 Å². The van der Waals surface area contributed by atoms with Crippen LogP contribution in [0, 0.1) is 0 Å². The van der Waals surface area contributed by atoms with Crippen molar-refractivity contribution < 1.29 is 34.7 Å². The van der Waals surface area contributed by atoms with Gasteiger partial charge in [-0.3, -0.25) is 4.79 Å². The first-order valence-electron chi connectivity index (χ1n) is 5.83. The van der Waals surface area contributed by atoms with Gasteiger partial charge in [0.15, 0.2) is 6.29 Å². The van der Waals surface area contributed by atoms with Crippen LogP contribution in [0.25, 0.3) is 0 Å². The number of hydrogen-bond acceptors (Lipinski definition) is 7. The second-order valence-electron chi connectivity index (χ2n) is 4.06. The van der Waals surface area contributed by atoms with E-state index in [-0.39, 0.29) is 19.1 Å². The first-order chi connectivity index (χ1) is 9.01. The Kier molecular flexibility index (Phi) is 6.35. The van der Waals surface area contributed by atoms with Crippen LogP contribution in [0.3, 0.4) is 0 Å². The maximum absolute atomic E-state index is 10.8. The highest BCUT2D eigenvalue weighted by Gasteiger charge is 2.43. The molecule has 0 radical (unpaired) electrons. The van der Waals surface area contributed by atoms with E-state index in [2.05, 4.69) is 11.9 Å². The standard InChI is InChI=1S/C11H19NO7/c1-2-7(14)12-3-4-18-11-10(17)9(16)8(15)6(5-13)19-11/h2,6,8-11,13,15-17H,1,3-5H2,(H,12,14)/t6-,8-,9+,10+,11+/m1/s1. The molecule has 1 fully saturated rings. The van der Waals surface area contributed by atoms with E-state index in [0.717, 1.165) is 6.08 Å². The van der Waals surface area contributed by atoms with Crippen LogP contribution in [-0.2, 0) is 14.3 Å². The number of hydrogen-bond donors (Lipinski definition) is 5. The highest BCUT2D eigenvalue weighted by molar-refractivity contribution is 5.86. The molecular formula is C11H19NO7. The summed E-state index contributed by atoms with van der Waals surface area (Å²) in [6, 6.07) is 0. The molecule has 1 amide bonds. The van der Waals surface area contributed by atoms with E-state index in [4.69, 9.17) is 14.6 Å². The normalized spacial score (nSPS) is 34.8. The Morgan fingerprint density at radius 1 is 1.32 bits per heavy atom. The van der Waals surface area contributed by atoms with Crippen LogP contribution in [0.5, 0.6) is 0 Å². The minimum absolute atomic E-state index is 0.0300. The topological polar surface area (TPSA) is 128 Å². The van der Waals surface area contributed by atoms with Gasteiger partial charge in [-0.05, 0) is 6.08 Å². The molecule has 5 atom stereocenters. The van der Waals surface area contributed by atoms with Gasteiger partial charge in [-0.1, -0.05) is 6.58 Å². The number of carbonyl (C=O) groups is 1. The summed E-state index contributed by atoms with van der Waals surface area (Å²) in [6.07, 6.45) is -5.41. The summed E-state index contributed by atoms with van der Waals surface area (Å²) in [4.78, 5) is 10.8. The number of aliphatic hydroxyl groups is 4. The summed E-state index contributed by atoms with van der Waals surface area (Å²) in [5.41, 5.74) is 0. The van der Waals surface area contributed by atoms with E-state index in [0.29, 0.717) is 0 Å². The van der Waals surface area contributed by atoms with Crippen LogP contribution in [0.4, 0.5) is 0 Å². The number of nitrogens with one attached hydrogen (secondary N) is 1. The molecule has 0 aromatic carbocycles. The van der Waals surface area contributed by atoms with E-state index >= 15 is 0 Å². The number of amides is 1. The minimum Gasteiger partial charge on any atom is -0.394 e. The Bertz CT molecular complexity index is 309. The largest absolute Gasteiger partial charge is 0.394 e. The van der Waals surface area contributed by atoms with Gasteiger partial charge in [0.2, 0.25) is 5.91 Å². The number of ether oxygens (including phenoxy) is 2. The third-order valence-electron chi connectivity index (χ3n) is 2.72. The average Bonchev–Trinajstić information content (AvgIpc) is 2.42.